The van der Waals surface area contributed by atoms with Gasteiger partial charge in [-0.3, -0.25) is 0 Å². The molecule has 2 aromatic heterocycles. The highest BCUT2D eigenvalue weighted by Gasteiger charge is 2.15. The molecule has 1 aromatic carbocycles. The van der Waals surface area contributed by atoms with E-state index in [9.17, 15) is 4.79 Å². The lowest BCUT2D eigenvalue weighted by Gasteiger charge is -2.15. The van der Waals surface area contributed by atoms with E-state index in [1.54, 1.807) is 17.4 Å². The third kappa shape index (κ3) is 4.64. The standard InChI is InChI=1S/C20H17BrClN3OS/c1-3-4-14-12(2)23-20(17-7-8-18(21)27-17)25-19(14)24-16-6-5-13(9-10-26)11-15(16)22/h3,5-8,10-11H,1,4,9H2,2H3,(H,23,24,25). The number of thiophene rings is 1. The summed E-state index contributed by atoms with van der Waals surface area (Å²) >= 11 is 11.5. The highest BCUT2D eigenvalue weighted by Crippen LogP contribution is 2.33. The van der Waals surface area contributed by atoms with Crippen LogP contribution in [0.2, 0.25) is 5.02 Å². The predicted molar refractivity (Wildman–Crippen MR) is 116 cm³/mol. The molecule has 3 rings (SSSR count). The third-order valence-corrected chi connectivity index (χ3v) is 5.89. The number of allylic oxidation sites excluding steroid dienone is 1. The Morgan fingerprint density at radius 3 is 2.70 bits per heavy atom. The number of halogens is 2. The van der Waals surface area contributed by atoms with E-state index >= 15 is 0 Å². The maximum atomic E-state index is 10.7. The second-order valence-corrected chi connectivity index (χ2v) is 8.74. The minimum Gasteiger partial charge on any atom is -0.339 e. The zero-order valence-electron chi connectivity index (χ0n) is 14.6. The van der Waals surface area contributed by atoms with Crippen LogP contribution in [0.4, 0.5) is 11.5 Å². The van der Waals surface area contributed by atoms with E-state index < -0.39 is 0 Å². The van der Waals surface area contributed by atoms with Crippen LogP contribution in [-0.4, -0.2) is 16.3 Å². The topological polar surface area (TPSA) is 54.9 Å². The third-order valence-electron chi connectivity index (χ3n) is 3.96. The fourth-order valence-electron chi connectivity index (χ4n) is 2.64. The van der Waals surface area contributed by atoms with Crippen molar-refractivity contribution in [1.29, 1.82) is 0 Å². The number of rotatable bonds is 7. The van der Waals surface area contributed by atoms with Crippen LogP contribution in [0.5, 0.6) is 0 Å². The number of aromatic nitrogens is 2. The first-order valence-electron chi connectivity index (χ1n) is 8.25. The average Bonchev–Trinajstić information content (AvgIpc) is 3.06. The smallest absolute Gasteiger partial charge is 0.171 e. The van der Waals surface area contributed by atoms with Gasteiger partial charge in [0.05, 0.1) is 19.4 Å². The van der Waals surface area contributed by atoms with Gasteiger partial charge < -0.3 is 10.1 Å². The number of benzene rings is 1. The molecule has 138 valence electrons. The largest absolute Gasteiger partial charge is 0.339 e. The van der Waals surface area contributed by atoms with Gasteiger partial charge >= 0.3 is 0 Å². The van der Waals surface area contributed by atoms with E-state index in [4.69, 9.17) is 16.6 Å². The van der Waals surface area contributed by atoms with Gasteiger partial charge in [0.15, 0.2) is 5.82 Å². The summed E-state index contributed by atoms with van der Waals surface area (Å²) in [5, 5.41) is 3.86. The molecule has 0 amide bonds. The quantitative estimate of drug-likeness (QED) is 0.338. The van der Waals surface area contributed by atoms with Crippen LogP contribution in [0.25, 0.3) is 10.7 Å². The Morgan fingerprint density at radius 1 is 1.26 bits per heavy atom. The second kappa shape index (κ2) is 8.78. The van der Waals surface area contributed by atoms with Crippen molar-refractivity contribution in [1.82, 2.24) is 9.97 Å². The Hall–Kier alpha value is -2.02. The molecule has 0 atom stereocenters. The number of aldehydes is 1. The van der Waals surface area contributed by atoms with Crippen molar-refractivity contribution < 1.29 is 4.79 Å². The van der Waals surface area contributed by atoms with Crippen molar-refractivity contribution in [2.75, 3.05) is 5.32 Å². The molecule has 1 N–H and O–H groups in total. The first-order valence-corrected chi connectivity index (χ1v) is 10.2. The van der Waals surface area contributed by atoms with Crippen LogP contribution >= 0.6 is 38.9 Å². The van der Waals surface area contributed by atoms with E-state index in [-0.39, 0.29) is 0 Å². The minimum absolute atomic E-state index is 0.339. The van der Waals surface area contributed by atoms with Crippen LogP contribution in [0.15, 0.2) is 46.8 Å². The molecule has 0 radical (unpaired) electrons. The zero-order chi connectivity index (χ0) is 19.4. The van der Waals surface area contributed by atoms with Gasteiger partial charge in [-0.15, -0.1) is 17.9 Å². The first-order chi connectivity index (χ1) is 13.0. The Kier molecular flexibility index (Phi) is 6.42. The van der Waals surface area contributed by atoms with Crippen LogP contribution in [-0.2, 0) is 17.6 Å². The van der Waals surface area contributed by atoms with Crippen molar-refractivity contribution >= 4 is 56.7 Å². The molecule has 0 fully saturated rings. The summed E-state index contributed by atoms with van der Waals surface area (Å²) in [5.74, 6) is 1.36. The van der Waals surface area contributed by atoms with Gasteiger partial charge in [-0.1, -0.05) is 23.7 Å². The minimum atomic E-state index is 0.339. The highest BCUT2D eigenvalue weighted by molar-refractivity contribution is 9.11. The number of carbonyl (C=O) groups excluding carboxylic acids is 1. The second-order valence-electron chi connectivity index (χ2n) is 5.87. The number of aryl methyl sites for hydroxylation is 1. The summed E-state index contributed by atoms with van der Waals surface area (Å²) in [5.41, 5.74) is 3.46. The van der Waals surface area contributed by atoms with E-state index in [1.165, 1.54) is 0 Å². The van der Waals surface area contributed by atoms with E-state index in [2.05, 4.69) is 32.8 Å². The van der Waals surface area contributed by atoms with Crippen molar-refractivity contribution in [3.05, 3.63) is 68.6 Å². The molecule has 7 heteroatoms. The average molecular weight is 463 g/mol. The fraction of sp³-hybridized carbons (Fsp3) is 0.150. The molecule has 4 nitrogen and oxygen atoms in total. The Balaban J connectivity index is 2.03. The Morgan fingerprint density at radius 2 is 2.07 bits per heavy atom. The normalized spacial score (nSPS) is 10.6. The fourth-order valence-corrected chi connectivity index (χ4v) is 4.21. The Labute approximate surface area is 175 Å². The van der Waals surface area contributed by atoms with Gasteiger partial charge in [0.1, 0.15) is 12.1 Å². The van der Waals surface area contributed by atoms with Gasteiger partial charge in [0, 0.05) is 17.7 Å². The summed E-state index contributed by atoms with van der Waals surface area (Å²) in [7, 11) is 0. The summed E-state index contributed by atoms with van der Waals surface area (Å²) in [6.45, 7) is 5.80. The van der Waals surface area contributed by atoms with Crippen molar-refractivity contribution in [3.63, 3.8) is 0 Å². The Bertz CT molecular complexity index is 1000. The molecule has 0 unspecified atom stereocenters. The van der Waals surface area contributed by atoms with Crippen molar-refractivity contribution in [2.24, 2.45) is 0 Å². The first kappa shape index (κ1) is 19.7. The molecule has 0 bridgehead atoms. The summed E-state index contributed by atoms with van der Waals surface area (Å²) in [4.78, 5) is 21.1. The van der Waals surface area contributed by atoms with E-state index in [0.717, 1.165) is 37.5 Å². The summed E-state index contributed by atoms with van der Waals surface area (Å²) in [6, 6.07) is 9.49. The number of hydrogen-bond acceptors (Lipinski definition) is 5. The molecule has 0 spiro atoms. The molecular formula is C20H17BrClN3OS. The summed E-state index contributed by atoms with van der Waals surface area (Å²) < 4.78 is 1.03. The molecule has 0 aliphatic rings. The molecular weight excluding hydrogens is 446 g/mol. The van der Waals surface area contributed by atoms with Crippen molar-refractivity contribution in [3.8, 4) is 10.7 Å². The van der Waals surface area contributed by atoms with Crippen LogP contribution in [0.3, 0.4) is 0 Å². The van der Waals surface area contributed by atoms with Gasteiger partial charge in [-0.25, -0.2) is 9.97 Å². The number of nitrogens with one attached hydrogen (secondary N) is 1. The van der Waals surface area contributed by atoms with Gasteiger partial charge in [0.25, 0.3) is 0 Å². The molecule has 27 heavy (non-hydrogen) atoms. The molecule has 2 heterocycles. The maximum Gasteiger partial charge on any atom is 0.171 e. The molecule has 0 saturated carbocycles. The zero-order valence-corrected chi connectivity index (χ0v) is 17.8. The lowest BCUT2D eigenvalue weighted by Crippen LogP contribution is -2.05. The van der Waals surface area contributed by atoms with Crippen LogP contribution in [0, 0.1) is 6.92 Å². The van der Waals surface area contributed by atoms with Gasteiger partial charge in [-0.05, 0) is 59.1 Å². The van der Waals surface area contributed by atoms with Crippen LogP contribution in [0.1, 0.15) is 16.8 Å². The SMILES string of the molecule is C=CCc1c(C)nc(-c2ccc(Br)s2)nc1Nc1ccc(CC=O)cc1Cl. The molecule has 0 aliphatic heterocycles. The van der Waals surface area contributed by atoms with Gasteiger partial charge in [0.2, 0.25) is 0 Å². The molecule has 3 aromatic rings. The van der Waals surface area contributed by atoms with Crippen LogP contribution < -0.4 is 5.32 Å². The van der Waals surface area contributed by atoms with E-state index in [1.807, 2.05) is 37.3 Å². The predicted octanol–water partition coefficient (Wildman–Crippen LogP) is 6.14. The number of anilines is 2. The molecule has 0 aliphatic carbocycles. The highest BCUT2D eigenvalue weighted by atomic mass is 79.9. The number of carbonyl (C=O) groups is 1. The lowest BCUT2D eigenvalue weighted by atomic mass is 10.1. The van der Waals surface area contributed by atoms with Crippen molar-refractivity contribution in [2.45, 2.75) is 19.8 Å². The monoisotopic (exact) mass is 461 g/mol. The summed E-state index contributed by atoms with van der Waals surface area (Å²) in [6.07, 6.45) is 3.67. The number of nitrogens with zero attached hydrogens (tertiary/aromatic N) is 2. The maximum absolute atomic E-state index is 10.7. The number of hydrogen-bond donors (Lipinski definition) is 1. The molecule has 0 saturated heterocycles. The van der Waals surface area contributed by atoms with E-state index in [0.29, 0.717) is 29.5 Å². The lowest BCUT2D eigenvalue weighted by molar-refractivity contribution is -0.107. The van der Waals surface area contributed by atoms with Gasteiger partial charge in [-0.2, -0.15) is 0 Å².